The van der Waals surface area contributed by atoms with E-state index >= 15 is 0 Å². The number of hydrogen-bond acceptors (Lipinski definition) is 5. The maximum Gasteiger partial charge on any atom is 0.416 e. The van der Waals surface area contributed by atoms with Crippen molar-refractivity contribution >= 4 is 17.9 Å². The van der Waals surface area contributed by atoms with E-state index in [4.69, 9.17) is 4.74 Å². The second-order valence-corrected chi connectivity index (χ2v) is 11.4. The fourth-order valence-electron chi connectivity index (χ4n) is 6.53. The molecule has 6 rings (SSSR count). The van der Waals surface area contributed by atoms with Crippen molar-refractivity contribution in [2.75, 3.05) is 32.8 Å². The molecule has 7 nitrogen and oxygen atoms in total. The summed E-state index contributed by atoms with van der Waals surface area (Å²) in [6, 6.07) is 18.8. The van der Waals surface area contributed by atoms with Crippen molar-refractivity contribution in [3.63, 3.8) is 0 Å². The van der Waals surface area contributed by atoms with E-state index in [1.807, 2.05) is 60.7 Å². The van der Waals surface area contributed by atoms with Crippen LogP contribution in [0.25, 0.3) is 0 Å². The van der Waals surface area contributed by atoms with Crippen molar-refractivity contribution in [3.05, 3.63) is 71.8 Å². The number of imide groups is 1. The zero-order valence-electron chi connectivity index (χ0n) is 21.4. The number of rotatable bonds is 6. The first-order valence-corrected chi connectivity index (χ1v) is 13.3. The zero-order valence-corrected chi connectivity index (χ0v) is 21.4. The largest absolute Gasteiger partial charge is 0.447 e. The molecule has 3 aliphatic heterocycles. The van der Waals surface area contributed by atoms with Crippen LogP contribution >= 0.6 is 0 Å². The Morgan fingerprint density at radius 2 is 1.54 bits per heavy atom. The van der Waals surface area contributed by atoms with E-state index in [1.165, 1.54) is 9.80 Å². The van der Waals surface area contributed by atoms with Crippen molar-refractivity contribution in [2.45, 2.75) is 38.0 Å². The van der Waals surface area contributed by atoms with Gasteiger partial charge in [-0.15, -0.1) is 0 Å². The lowest BCUT2D eigenvalue weighted by atomic mass is 9.70. The summed E-state index contributed by atoms with van der Waals surface area (Å²) in [4.78, 5) is 44.3. The Morgan fingerprint density at radius 1 is 0.923 bits per heavy atom. The number of cyclic esters (lactones) is 1. The van der Waals surface area contributed by atoms with E-state index in [-0.39, 0.29) is 38.4 Å². The first-order valence-electron chi connectivity index (χ1n) is 13.3. The van der Waals surface area contributed by atoms with Crippen molar-refractivity contribution < 1.29 is 32.3 Å². The highest BCUT2D eigenvalue weighted by molar-refractivity contribution is 5.96. The molecule has 3 saturated heterocycles. The van der Waals surface area contributed by atoms with Gasteiger partial charge in [-0.05, 0) is 30.4 Å². The normalized spacial score (nSPS) is 25.5. The quantitative estimate of drug-likeness (QED) is 0.555. The monoisotopic (exact) mass is 541 g/mol. The van der Waals surface area contributed by atoms with Crippen molar-refractivity contribution in [3.8, 4) is 0 Å². The van der Waals surface area contributed by atoms with Gasteiger partial charge in [-0.3, -0.25) is 14.5 Å². The highest BCUT2D eigenvalue weighted by Crippen LogP contribution is 2.60. The third-order valence-corrected chi connectivity index (χ3v) is 8.78. The van der Waals surface area contributed by atoms with E-state index < -0.39 is 41.0 Å². The molecule has 4 aliphatic rings. The molecule has 1 spiro atoms. The number of halogens is 3. The van der Waals surface area contributed by atoms with Crippen LogP contribution in [0.15, 0.2) is 60.7 Å². The molecule has 1 saturated carbocycles. The zero-order chi connectivity index (χ0) is 27.4. The molecule has 39 heavy (non-hydrogen) atoms. The van der Waals surface area contributed by atoms with Gasteiger partial charge in [0.25, 0.3) is 0 Å². The summed E-state index contributed by atoms with van der Waals surface area (Å²) in [5, 5.41) is 0. The maximum absolute atomic E-state index is 14.0. The molecule has 2 aromatic carbocycles. The number of amides is 3. The van der Waals surface area contributed by atoms with E-state index in [9.17, 15) is 27.6 Å². The van der Waals surface area contributed by atoms with Crippen molar-refractivity contribution in [2.24, 2.45) is 16.7 Å². The van der Waals surface area contributed by atoms with Gasteiger partial charge in [-0.2, -0.15) is 13.2 Å². The second kappa shape index (κ2) is 9.36. The molecule has 1 aliphatic carbocycles. The third kappa shape index (κ3) is 4.48. The van der Waals surface area contributed by atoms with Crippen molar-refractivity contribution in [1.29, 1.82) is 0 Å². The van der Waals surface area contributed by atoms with Crippen LogP contribution in [0.5, 0.6) is 0 Å². The minimum atomic E-state index is -4.58. The minimum absolute atomic E-state index is 0.0671. The van der Waals surface area contributed by atoms with Gasteiger partial charge in [0.2, 0.25) is 11.8 Å². The highest BCUT2D eigenvalue weighted by Gasteiger charge is 2.71. The molecule has 206 valence electrons. The van der Waals surface area contributed by atoms with Gasteiger partial charge in [-0.1, -0.05) is 60.7 Å². The number of carbonyl (C=O) groups excluding carboxylic acids is 3. The number of ether oxygens (including phenoxy) is 1. The third-order valence-electron chi connectivity index (χ3n) is 8.78. The second-order valence-electron chi connectivity index (χ2n) is 11.4. The minimum Gasteiger partial charge on any atom is -0.447 e. The van der Waals surface area contributed by atoms with E-state index in [2.05, 4.69) is 4.90 Å². The molecule has 0 aromatic heterocycles. The van der Waals surface area contributed by atoms with E-state index in [0.717, 1.165) is 11.1 Å². The smallest absolute Gasteiger partial charge is 0.416 e. The molecule has 2 aromatic rings. The Labute approximate surface area is 224 Å². The molecule has 0 N–H and O–H groups in total. The Hall–Kier alpha value is -3.40. The summed E-state index contributed by atoms with van der Waals surface area (Å²) in [7, 11) is 0. The summed E-state index contributed by atoms with van der Waals surface area (Å²) in [6.45, 7) is 1.58. The van der Waals surface area contributed by atoms with Crippen LogP contribution in [0.1, 0.15) is 24.0 Å². The molecule has 0 unspecified atom stereocenters. The molecule has 10 heteroatoms. The molecule has 0 bridgehead atoms. The Balaban J connectivity index is 1.23. The van der Waals surface area contributed by atoms with Crippen LogP contribution in [0.4, 0.5) is 18.0 Å². The molecular weight excluding hydrogens is 511 g/mol. The summed E-state index contributed by atoms with van der Waals surface area (Å²) in [6.07, 6.45) is -5.21. The number of likely N-dealkylation sites (tertiary alicyclic amines) is 2. The number of benzene rings is 2. The highest BCUT2D eigenvalue weighted by atomic mass is 19.4. The van der Waals surface area contributed by atoms with Gasteiger partial charge in [-0.25, -0.2) is 9.69 Å². The molecule has 4 fully saturated rings. The van der Waals surface area contributed by atoms with Crippen LogP contribution in [-0.4, -0.2) is 77.6 Å². The lowest BCUT2D eigenvalue weighted by Gasteiger charge is -2.52. The fourth-order valence-corrected chi connectivity index (χ4v) is 6.53. The first-order chi connectivity index (χ1) is 18.6. The predicted molar refractivity (Wildman–Crippen MR) is 134 cm³/mol. The Kier molecular flexibility index (Phi) is 6.21. The lowest BCUT2D eigenvalue weighted by molar-refractivity contribution is -0.205. The summed E-state index contributed by atoms with van der Waals surface area (Å²) in [5.41, 5.74) is -0.989. The standard InChI is InChI=1S/C29H30F3N3O4/c30-29(31,32)28(11-12-28)25(37)34-18-27(19-34)17-33(14-21-9-5-2-6-10-21)15-23(27)24(36)35-22(16-39-26(35)38)13-20-7-3-1-4-8-20/h1-10,22-23H,11-19H2/t22-,23-/m0/s1. The first kappa shape index (κ1) is 25.9. The van der Waals surface area contributed by atoms with Crippen LogP contribution in [0, 0.1) is 16.7 Å². The van der Waals surface area contributed by atoms with Crippen LogP contribution in [-0.2, 0) is 27.3 Å². The summed E-state index contributed by atoms with van der Waals surface area (Å²) < 4.78 is 46.2. The predicted octanol–water partition coefficient (Wildman–Crippen LogP) is 3.88. The van der Waals surface area contributed by atoms with Gasteiger partial charge in [0, 0.05) is 38.1 Å². The van der Waals surface area contributed by atoms with E-state index in [0.29, 0.717) is 26.1 Å². The average molecular weight is 542 g/mol. The fraction of sp³-hybridized carbons (Fsp3) is 0.483. The maximum atomic E-state index is 14.0. The lowest BCUT2D eigenvalue weighted by Crippen LogP contribution is -2.66. The number of carbonyl (C=O) groups is 3. The average Bonchev–Trinajstić information content (AvgIpc) is 3.53. The molecule has 0 radical (unpaired) electrons. The van der Waals surface area contributed by atoms with Gasteiger partial charge in [0.1, 0.15) is 12.0 Å². The Morgan fingerprint density at radius 3 is 2.13 bits per heavy atom. The van der Waals surface area contributed by atoms with Crippen LogP contribution in [0.3, 0.4) is 0 Å². The van der Waals surface area contributed by atoms with Gasteiger partial charge >= 0.3 is 12.3 Å². The van der Waals surface area contributed by atoms with Gasteiger partial charge in [0.05, 0.1) is 12.0 Å². The molecule has 3 heterocycles. The molecule has 3 amide bonds. The summed E-state index contributed by atoms with van der Waals surface area (Å²) >= 11 is 0. The van der Waals surface area contributed by atoms with Crippen LogP contribution in [0.2, 0.25) is 0 Å². The SMILES string of the molecule is O=C1OC[C@H](Cc2ccccc2)N1C(=O)[C@@H]1CN(Cc2ccccc2)CC12CN(C(=O)C1(C(F)(F)F)CC1)C2. The Bertz CT molecular complexity index is 1260. The van der Waals surface area contributed by atoms with Crippen molar-refractivity contribution in [1.82, 2.24) is 14.7 Å². The van der Waals surface area contributed by atoms with Crippen LogP contribution < -0.4 is 0 Å². The summed E-state index contributed by atoms with van der Waals surface area (Å²) in [5.74, 6) is -1.91. The number of nitrogens with zero attached hydrogens (tertiary/aromatic N) is 3. The number of alkyl halides is 3. The molecular formula is C29H30F3N3O4. The van der Waals surface area contributed by atoms with E-state index in [1.54, 1.807) is 0 Å². The topological polar surface area (TPSA) is 70.2 Å². The molecule has 2 atom stereocenters. The van der Waals surface area contributed by atoms with Gasteiger partial charge in [0.15, 0.2) is 0 Å². The van der Waals surface area contributed by atoms with Gasteiger partial charge < -0.3 is 9.64 Å². The number of hydrogen-bond donors (Lipinski definition) is 0.